The molecule has 0 unspecified atom stereocenters. The van der Waals surface area contributed by atoms with E-state index in [-0.39, 0.29) is 17.5 Å². The Hall–Kier alpha value is -2.58. The zero-order chi connectivity index (χ0) is 18.3. The molecule has 0 radical (unpaired) electrons. The summed E-state index contributed by atoms with van der Waals surface area (Å²) in [6.45, 7) is -2.12. The van der Waals surface area contributed by atoms with E-state index in [4.69, 9.17) is 5.73 Å². The number of alkyl halides is 3. The lowest BCUT2D eigenvalue weighted by molar-refractivity contribution is -0.0494. The van der Waals surface area contributed by atoms with Gasteiger partial charge in [0, 0.05) is 30.3 Å². The summed E-state index contributed by atoms with van der Waals surface area (Å²) in [6, 6.07) is 3.11. The normalized spacial score (nSPS) is 20.0. The molecule has 2 aromatic rings. The fourth-order valence-corrected chi connectivity index (χ4v) is 3.00. The zero-order valence-corrected chi connectivity index (χ0v) is 13.9. The van der Waals surface area contributed by atoms with Crippen molar-refractivity contribution in [1.29, 1.82) is 0 Å². The molecular weight excluding hydrogens is 347 g/mol. The third-order valence-corrected chi connectivity index (χ3v) is 4.52. The number of nitrogens with zero attached hydrogens (tertiary/aromatic N) is 4. The molecule has 0 bridgehead atoms. The standard InChI is InChI=1S/C17H18F3N5O/c18-11-3-4-25(8-11)14-6-12(23-16(24-14)9-1-2-9)10-5-13(26-17(19)20)15(21)22-7-10/h5-7,9,11,17H,1-4,8H2,(H2,21,22)/t11-/m0/s1. The van der Waals surface area contributed by atoms with E-state index < -0.39 is 12.8 Å². The van der Waals surface area contributed by atoms with Gasteiger partial charge in [-0.25, -0.2) is 19.3 Å². The van der Waals surface area contributed by atoms with Crippen molar-refractivity contribution in [1.82, 2.24) is 15.0 Å². The lowest BCUT2D eigenvalue weighted by atomic mass is 10.2. The second-order valence-corrected chi connectivity index (χ2v) is 6.56. The molecule has 1 atom stereocenters. The monoisotopic (exact) mass is 365 g/mol. The molecule has 1 aliphatic carbocycles. The largest absolute Gasteiger partial charge is 0.431 e. The van der Waals surface area contributed by atoms with E-state index in [0.29, 0.717) is 42.4 Å². The molecule has 4 rings (SSSR count). The third-order valence-electron chi connectivity index (χ3n) is 4.52. The van der Waals surface area contributed by atoms with Crippen molar-refractivity contribution in [2.24, 2.45) is 0 Å². The van der Waals surface area contributed by atoms with Crippen LogP contribution in [0.15, 0.2) is 18.3 Å². The average molecular weight is 365 g/mol. The molecule has 26 heavy (non-hydrogen) atoms. The number of pyridine rings is 1. The van der Waals surface area contributed by atoms with Crippen LogP contribution in [0.2, 0.25) is 0 Å². The van der Waals surface area contributed by atoms with Gasteiger partial charge in [0.25, 0.3) is 0 Å². The number of hydrogen-bond donors (Lipinski definition) is 1. The Morgan fingerprint density at radius 1 is 1.19 bits per heavy atom. The quantitative estimate of drug-likeness (QED) is 0.877. The first-order valence-electron chi connectivity index (χ1n) is 8.48. The minimum absolute atomic E-state index is 0.120. The van der Waals surface area contributed by atoms with Gasteiger partial charge in [-0.1, -0.05) is 0 Å². The molecule has 0 amide bonds. The number of aromatic nitrogens is 3. The summed E-state index contributed by atoms with van der Waals surface area (Å²) >= 11 is 0. The molecule has 3 heterocycles. The summed E-state index contributed by atoms with van der Waals surface area (Å²) in [7, 11) is 0. The fourth-order valence-electron chi connectivity index (χ4n) is 3.00. The van der Waals surface area contributed by atoms with Crippen molar-refractivity contribution in [3.8, 4) is 17.0 Å². The van der Waals surface area contributed by atoms with Crippen molar-refractivity contribution in [3.05, 3.63) is 24.2 Å². The molecular formula is C17H18F3N5O. The van der Waals surface area contributed by atoms with E-state index >= 15 is 0 Å². The lowest BCUT2D eigenvalue weighted by Crippen LogP contribution is -2.22. The summed E-state index contributed by atoms with van der Waals surface area (Å²) in [4.78, 5) is 14.9. The molecule has 2 N–H and O–H groups in total. The molecule has 138 valence electrons. The van der Waals surface area contributed by atoms with Crippen molar-refractivity contribution >= 4 is 11.6 Å². The van der Waals surface area contributed by atoms with Crippen LogP contribution in [0.25, 0.3) is 11.3 Å². The first-order valence-corrected chi connectivity index (χ1v) is 8.48. The van der Waals surface area contributed by atoms with Gasteiger partial charge in [-0.05, 0) is 25.3 Å². The van der Waals surface area contributed by atoms with Crippen LogP contribution in [0, 0.1) is 0 Å². The minimum Gasteiger partial charge on any atom is -0.431 e. The summed E-state index contributed by atoms with van der Waals surface area (Å²) in [6.07, 6.45) is 3.07. The highest BCUT2D eigenvalue weighted by molar-refractivity contribution is 5.66. The second-order valence-electron chi connectivity index (χ2n) is 6.56. The summed E-state index contributed by atoms with van der Waals surface area (Å²) in [5.74, 6) is 1.30. The molecule has 2 aliphatic rings. The SMILES string of the molecule is Nc1ncc(-c2cc(N3CC[C@H](F)C3)nc(C3CC3)n2)cc1OC(F)F. The van der Waals surface area contributed by atoms with Gasteiger partial charge in [0.1, 0.15) is 17.8 Å². The predicted molar refractivity (Wildman–Crippen MR) is 90.0 cm³/mol. The van der Waals surface area contributed by atoms with E-state index in [9.17, 15) is 13.2 Å². The molecule has 2 fully saturated rings. The first-order chi connectivity index (χ1) is 12.5. The average Bonchev–Trinajstić information content (AvgIpc) is 3.37. The summed E-state index contributed by atoms with van der Waals surface area (Å²) in [5.41, 5.74) is 6.63. The molecule has 0 aromatic carbocycles. The summed E-state index contributed by atoms with van der Waals surface area (Å²) < 4.78 is 43.1. The van der Waals surface area contributed by atoms with E-state index in [1.165, 1.54) is 12.3 Å². The Bertz CT molecular complexity index is 815. The number of nitrogens with two attached hydrogens (primary N) is 1. The Morgan fingerprint density at radius 3 is 2.65 bits per heavy atom. The predicted octanol–water partition coefficient (Wildman–Crippen LogP) is 3.15. The number of halogens is 3. The molecule has 6 nitrogen and oxygen atoms in total. The van der Waals surface area contributed by atoms with Crippen LogP contribution in [0.5, 0.6) is 5.75 Å². The number of nitrogen functional groups attached to an aromatic ring is 1. The maximum absolute atomic E-state index is 13.6. The van der Waals surface area contributed by atoms with Gasteiger partial charge >= 0.3 is 6.61 Å². The lowest BCUT2D eigenvalue weighted by Gasteiger charge is -2.18. The third kappa shape index (κ3) is 3.51. The Morgan fingerprint density at radius 2 is 2.00 bits per heavy atom. The van der Waals surface area contributed by atoms with Crippen LogP contribution >= 0.6 is 0 Å². The number of ether oxygens (including phenoxy) is 1. The molecule has 0 spiro atoms. The van der Waals surface area contributed by atoms with E-state index in [1.54, 1.807) is 6.07 Å². The van der Waals surface area contributed by atoms with Gasteiger partial charge in [-0.2, -0.15) is 8.78 Å². The van der Waals surface area contributed by atoms with Crippen LogP contribution in [-0.2, 0) is 0 Å². The second kappa shape index (κ2) is 6.62. The maximum Gasteiger partial charge on any atom is 0.387 e. The van der Waals surface area contributed by atoms with Crippen molar-refractivity contribution in [3.63, 3.8) is 0 Å². The number of hydrogen-bond acceptors (Lipinski definition) is 6. The van der Waals surface area contributed by atoms with Crippen LogP contribution in [0.3, 0.4) is 0 Å². The smallest absolute Gasteiger partial charge is 0.387 e. The van der Waals surface area contributed by atoms with Crippen molar-refractivity contribution in [2.45, 2.75) is 38.0 Å². The van der Waals surface area contributed by atoms with Gasteiger partial charge in [-0.3, -0.25) is 0 Å². The molecule has 2 aromatic heterocycles. The highest BCUT2D eigenvalue weighted by Gasteiger charge is 2.30. The van der Waals surface area contributed by atoms with E-state index in [2.05, 4.69) is 19.7 Å². The maximum atomic E-state index is 13.6. The van der Waals surface area contributed by atoms with Gasteiger partial charge < -0.3 is 15.4 Å². The highest BCUT2D eigenvalue weighted by Crippen LogP contribution is 2.40. The van der Waals surface area contributed by atoms with Gasteiger partial charge in [-0.15, -0.1) is 0 Å². The summed E-state index contributed by atoms with van der Waals surface area (Å²) in [5, 5.41) is 0. The fraction of sp³-hybridized carbons (Fsp3) is 0.471. The van der Waals surface area contributed by atoms with E-state index in [1.807, 2.05) is 4.90 Å². The number of anilines is 2. The van der Waals surface area contributed by atoms with Gasteiger partial charge in [0.05, 0.1) is 12.2 Å². The molecule has 1 saturated heterocycles. The highest BCUT2D eigenvalue weighted by atomic mass is 19.3. The van der Waals surface area contributed by atoms with Gasteiger partial charge in [0.2, 0.25) is 0 Å². The Balaban J connectivity index is 1.72. The van der Waals surface area contributed by atoms with Crippen LogP contribution in [-0.4, -0.2) is 40.8 Å². The molecule has 9 heteroatoms. The van der Waals surface area contributed by atoms with Crippen LogP contribution in [0.4, 0.5) is 24.8 Å². The first kappa shape index (κ1) is 16.9. The Kier molecular flexibility index (Phi) is 4.29. The van der Waals surface area contributed by atoms with Gasteiger partial charge in [0.15, 0.2) is 11.6 Å². The van der Waals surface area contributed by atoms with Crippen molar-refractivity contribution < 1.29 is 17.9 Å². The number of rotatable bonds is 5. The molecule has 1 aliphatic heterocycles. The molecule has 1 saturated carbocycles. The van der Waals surface area contributed by atoms with Crippen LogP contribution < -0.4 is 15.4 Å². The Labute approximate surface area is 148 Å². The van der Waals surface area contributed by atoms with Crippen molar-refractivity contribution in [2.75, 3.05) is 23.7 Å². The van der Waals surface area contributed by atoms with E-state index in [0.717, 1.165) is 12.8 Å². The topological polar surface area (TPSA) is 77.2 Å². The zero-order valence-electron chi connectivity index (χ0n) is 13.9. The minimum atomic E-state index is -3.00. The van der Waals surface area contributed by atoms with Crippen LogP contribution in [0.1, 0.15) is 31.0 Å².